The quantitative estimate of drug-likeness (QED) is 0.178. The van der Waals surface area contributed by atoms with Crippen LogP contribution in [0.1, 0.15) is 0 Å². The molecule has 1 aliphatic rings. The molecule has 0 bridgehead atoms. The van der Waals surface area contributed by atoms with Gasteiger partial charge in [0.05, 0.1) is 16.7 Å². The minimum atomic E-state index is 0.853. The monoisotopic (exact) mass is 716 g/mol. The SMILES string of the molecule is c1ccc2c(-c3ccc(N(c4ccc(-c5ccc6c(c5)-n5c7ccccc7c7cccc(c75)O6)cc4)c4ccc5c(c4)oc4ccccc45)cc3)cccc2c1. The Morgan fingerprint density at radius 1 is 0.393 bits per heavy atom. The molecule has 0 saturated heterocycles. The lowest BCUT2D eigenvalue weighted by atomic mass is 9.98. The molecule has 12 rings (SSSR count). The van der Waals surface area contributed by atoms with E-state index in [1.807, 2.05) is 12.1 Å². The average Bonchev–Trinajstić information content (AvgIpc) is 3.81. The summed E-state index contributed by atoms with van der Waals surface area (Å²) in [6.45, 7) is 0. The second kappa shape index (κ2) is 12.0. The van der Waals surface area contributed by atoms with Gasteiger partial charge in [-0.3, -0.25) is 0 Å². The van der Waals surface area contributed by atoms with Gasteiger partial charge in [0.25, 0.3) is 0 Å². The molecule has 9 aromatic carbocycles. The molecule has 0 N–H and O–H groups in total. The summed E-state index contributed by atoms with van der Waals surface area (Å²) in [7, 11) is 0. The van der Waals surface area contributed by atoms with E-state index >= 15 is 0 Å². The molecule has 3 heterocycles. The normalized spacial score (nSPS) is 12.1. The zero-order valence-corrected chi connectivity index (χ0v) is 30.2. The summed E-state index contributed by atoms with van der Waals surface area (Å²) in [6.07, 6.45) is 0. The molecule has 0 saturated carbocycles. The summed E-state index contributed by atoms with van der Waals surface area (Å²) in [4.78, 5) is 2.31. The molecule has 4 nitrogen and oxygen atoms in total. The summed E-state index contributed by atoms with van der Waals surface area (Å²) in [5.41, 5.74) is 12.9. The molecule has 11 aromatic rings. The molecule has 0 radical (unpaired) electrons. The molecule has 0 fully saturated rings. The molecular formula is C52H32N2O2. The fraction of sp³-hybridized carbons (Fsp3) is 0. The molecule has 56 heavy (non-hydrogen) atoms. The highest BCUT2D eigenvalue weighted by atomic mass is 16.5. The number of hydrogen-bond acceptors (Lipinski definition) is 3. The molecule has 0 unspecified atom stereocenters. The van der Waals surface area contributed by atoms with E-state index < -0.39 is 0 Å². The number of anilines is 3. The van der Waals surface area contributed by atoms with Crippen LogP contribution in [-0.4, -0.2) is 4.57 Å². The maximum atomic E-state index is 6.49. The van der Waals surface area contributed by atoms with Gasteiger partial charge < -0.3 is 18.6 Å². The van der Waals surface area contributed by atoms with Crippen LogP contribution in [0.2, 0.25) is 0 Å². The summed E-state index contributed by atoms with van der Waals surface area (Å²) < 4.78 is 15.2. The van der Waals surface area contributed by atoms with E-state index in [0.717, 1.165) is 72.8 Å². The first-order valence-electron chi connectivity index (χ1n) is 19.0. The second-order valence-electron chi connectivity index (χ2n) is 14.5. The van der Waals surface area contributed by atoms with E-state index in [1.54, 1.807) is 0 Å². The van der Waals surface area contributed by atoms with Crippen molar-refractivity contribution in [3.63, 3.8) is 0 Å². The lowest BCUT2D eigenvalue weighted by Crippen LogP contribution is -2.09. The van der Waals surface area contributed by atoms with Gasteiger partial charge in [-0.15, -0.1) is 0 Å². The van der Waals surface area contributed by atoms with Crippen LogP contribution in [0, 0.1) is 0 Å². The number of para-hydroxylation sites is 3. The number of benzene rings is 9. The summed E-state index contributed by atoms with van der Waals surface area (Å²) >= 11 is 0. The number of aromatic nitrogens is 1. The second-order valence-corrected chi connectivity index (χ2v) is 14.5. The van der Waals surface area contributed by atoms with Gasteiger partial charge in [-0.25, -0.2) is 0 Å². The fourth-order valence-electron chi connectivity index (χ4n) is 8.77. The lowest BCUT2D eigenvalue weighted by Gasteiger charge is -2.26. The maximum absolute atomic E-state index is 6.49. The van der Waals surface area contributed by atoms with Crippen molar-refractivity contribution in [1.29, 1.82) is 0 Å². The number of hydrogen-bond donors (Lipinski definition) is 0. The van der Waals surface area contributed by atoms with Gasteiger partial charge in [0.15, 0.2) is 11.5 Å². The number of nitrogens with zero attached hydrogens (tertiary/aromatic N) is 2. The Labute approximate surface area is 322 Å². The van der Waals surface area contributed by atoms with Crippen LogP contribution in [-0.2, 0) is 0 Å². The molecule has 0 amide bonds. The van der Waals surface area contributed by atoms with Crippen molar-refractivity contribution in [1.82, 2.24) is 4.57 Å². The standard InChI is InChI=1S/C52H32N2O2/c1-2-11-40-34(9-1)10-7-14-41(40)35-21-26-38(27-22-35)53(39-28-29-44-43-13-4-6-17-48(43)55-51(44)32-39)37-24-19-33(20-25-37)36-23-30-49-47(31-36)54-46-16-5-3-12-42(46)45-15-8-18-50(56-49)52(45)54/h1-32H. The topological polar surface area (TPSA) is 30.5 Å². The zero-order chi connectivity index (χ0) is 36.7. The number of fused-ring (bicyclic) bond motifs is 9. The van der Waals surface area contributed by atoms with Crippen LogP contribution in [0.25, 0.3) is 82.5 Å². The van der Waals surface area contributed by atoms with Gasteiger partial charge in [-0.2, -0.15) is 0 Å². The lowest BCUT2D eigenvalue weighted by molar-refractivity contribution is 0.476. The van der Waals surface area contributed by atoms with Crippen molar-refractivity contribution in [2.75, 3.05) is 4.90 Å². The first kappa shape index (κ1) is 30.9. The Bertz CT molecular complexity index is 3330. The van der Waals surface area contributed by atoms with Crippen molar-refractivity contribution < 1.29 is 9.15 Å². The zero-order valence-electron chi connectivity index (χ0n) is 30.2. The van der Waals surface area contributed by atoms with Crippen molar-refractivity contribution >= 4 is 71.6 Å². The highest BCUT2D eigenvalue weighted by Gasteiger charge is 2.24. The molecule has 2 aromatic heterocycles. The Kier molecular flexibility index (Phi) is 6.60. The third-order valence-corrected chi connectivity index (χ3v) is 11.4. The van der Waals surface area contributed by atoms with Crippen LogP contribution in [0.3, 0.4) is 0 Å². The van der Waals surface area contributed by atoms with Gasteiger partial charge in [0.2, 0.25) is 0 Å². The molecule has 0 spiro atoms. The summed E-state index contributed by atoms with van der Waals surface area (Å²) in [5, 5.41) is 7.14. The van der Waals surface area contributed by atoms with Gasteiger partial charge >= 0.3 is 0 Å². The minimum absolute atomic E-state index is 0.853. The predicted molar refractivity (Wildman–Crippen MR) is 231 cm³/mol. The Morgan fingerprint density at radius 3 is 1.89 bits per heavy atom. The molecule has 0 aliphatic carbocycles. The first-order chi connectivity index (χ1) is 27.7. The van der Waals surface area contributed by atoms with Crippen molar-refractivity contribution in [2.45, 2.75) is 0 Å². The van der Waals surface area contributed by atoms with Gasteiger partial charge in [0, 0.05) is 44.7 Å². The number of rotatable bonds is 5. The van der Waals surface area contributed by atoms with Crippen LogP contribution >= 0.6 is 0 Å². The van der Waals surface area contributed by atoms with Gasteiger partial charge in [0.1, 0.15) is 11.2 Å². The molecule has 1 aliphatic heterocycles. The highest BCUT2D eigenvalue weighted by molar-refractivity contribution is 6.12. The van der Waals surface area contributed by atoms with Crippen molar-refractivity contribution in [3.05, 3.63) is 194 Å². The molecule has 4 heteroatoms. The van der Waals surface area contributed by atoms with Crippen LogP contribution in [0.5, 0.6) is 11.5 Å². The predicted octanol–water partition coefficient (Wildman–Crippen LogP) is 14.7. The van der Waals surface area contributed by atoms with E-state index in [4.69, 9.17) is 9.15 Å². The number of furan rings is 1. The van der Waals surface area contributed by atoms with Gasteiger partial charge in [-0.1, -0.05) is 121 Å². The van der Waals surface area contributed by atoms with Crippen LogP contribution in [0.15, 0.2) is 199 Å². The minimum Gasteiger partial charge on any atom is -0.456 e. The summed E-state index contributed by atoms with van der Waals surface area (Å²) in [6, 6.07) is 69.0. The fourth-order valence-corrected chi connectivity index (χ4v) is 8.77. The van der Waals surface area contributed by atoms with Crippen molar-refractivity contribution in [3.8, 4) is 39.4 Å². The first-order valence-corrected chi connectivity index (χ1v) is 19.0. The molecule has 262 valence electrons. The summed E-state index contributed by atoms with van der Waals surface area (Å²) in [5.74, 6) is 1.74. The van der Waals surface area contributed by atoms with E-state index in [0.29, 0.717) is 0 Å². The molecule has 0 atom stereocenters. The Morgan fingerprint density at radius 2 is 1.04 bits per heavy atom. The van der Waals surface area contributed by atoms with Crippen molar-refractivity contribution in [2.24, 2.45) is 0 Å². The number of ether oxygens (including phenoxy) is 1. The Balaban J connectivity index is 0.963. The maximum Gasteiger partial charge on any atom is 0.152 e. The van der Waals surface area contributed by atoms with Gasteiger partial charge in [-0.05, 0) is 99.8 Å². The van der Waals surface area contributed by atoms with E-state index in [1.165, 1.54) is 38.2 Å². The third-order valence-electron chi connectivity index (χ3n) is 11.4. The Hall–Kier alpha value is -7.56. The van der Waals surface area contributed by atoms with Crippen LogP contribution in [0.4, 0.5) is 17.1 Å². The highest BCUT2D eigenvalue weighted by Crippen LogP contribution is 2.47. The van der Waals surface area contributed by atoms with E-state index in [-0.39, 0.29) is 0 Å². The van der Waals surface area contributed by atoms with Crippen LogP contribution < -0.4 is 9.64 Å². The largest absolute Gasteiger partial charge is 0.456 e. The molecular weight excluding hydrogens is 685 g/mol. The average molecular weight is 717 g/mol. The van der Waals surface area contributed by atoms with E-state index in [9.17, 15) is 0 Å². The third kappa shape index (κ3) is 4.66. The van der Waals surface area contributed by atoms with E-state index in [2.05, 4.69) is 191 Å². The smallest absolute Gasteiger partial charge is 0.152 e.